The SMILES string of the molecule is O=C(NCc1nc(-c2ccncc2)cs1)C1CCCN(C(=O)c2ccc(F)cc2)C1. The van der Waals surface area contributed by atoms with Crippen molar-refractivity contribution in [1.29, 1.82) is 0 Å². The number of thiazole rings is 1. The van der Waals surface area contributed by atoms with E-state index >= 15 is 0 Å². The van der Waals surface area contributed by atoms with Crippen molar-refractivity contribution in [1.82, 2.24) is 20.2 Å². The lowest BCUT2D eigenvalue weighted by molar-refractivity contribution is -0.126. The van der Waals surface area contributed by atoms with Gasteiger partial charge in [0.05, 0.1) is 18.2 Å². The zero-order valence-corrected chi connectivity index (χ0v) is 17.1. The minimum atomic E-state index is -0.378. The summed E-state index contributed by atoms with van der Waals surface area (Å²) in [5.41, 5.74) is 2.28. The molecule has 2 aromatic heterocycles. The molecule has 1 fully saturated rings. The number of pyridine rings is 1. The van der Waals surface area contributed by atoms with Crippen LogP contribution in [-0.2, 0) is 11.3 Å². The van der Waals surface area contributed by atoms with Gasteiger partial charge in [-0.2, -0.15) is 0 Å². The zero-order chi connectivity index (χ0) is 20.9. The van der Waals surface area contributed by atoms with Crippen molar-refractivity contribution in [3.8, 4) is 11.3 Å². The highest BCUT2D eigenvalue weighted by atomic mass is 32.1. The molecule has 3 heterocycles. The standard InChI is InChI=1S/C22H21FN4O2S/c23-18-5-3-16(4-6-18)22(29)27-11-1-2-17(13-27)21(28)25-12-20-26-19(14-30-20)15-7-9-24-10-8-15/h3-10,14,17H,1-2,11-13H2,(H,25,28). The highest BCUT2D eigenvalue weighted by Gasteiger charge is 2.29. The zero-order valence-electron chi connectivity index (χ0n) is 16.3. The molecule has 30 heavy (non-hydrogen) atoms. The van der Waals surface area contributed by atoms with Crippen LogP contribution in [0, 0.1) is 11.7 Å². The number of nitrogens with one attached hydrogen (secondary N) is 1. The molecule has 3 aromatic rings. The maximum Gasteiger partial charge on any atom is 0.253 e. The van der Waals surface area contributed by atoms with Gasteiger partial charge in [0.25, 0.3) is 5.91 Å². The number of piperidine rings is 1. The molecular formula is C22H21FN4O2S. The van der Waals surface area contributed by atoms with Crippen molar-refractivity contribution in [2.75, 3.05) is 13.1 Å². The number of carbonyl (C=O) groups excluding carboxylic acids is 2. The Kier molecular flexibility index (Phi) is 6.13. The lowest BCUT2D eigenvalue weighted by atomic mass is 9.96. The van der Waals surface area contributed by atoms with Crippen LogP contribution >= 0.6 is 11.3 Å². The van der Waals surface area contributed by atoms with Gasteiger partial charge >= 0.3 is 0 Å². The van der Waals surface area contributed by atoms with Crippen molar-refractivity contribution >= 4 is 23.2 Å². The largest absolute Gasteiger partial charge is 0.349 e. The van der Waals surface area contributed by atoms with Crippen LogP contribution in [0.4, 0.5) is 4.39 Å². The van der Waals surface area contributed by atoms with Gasteiger partial charge in [-0.1, -0.05) is 0 Å². The van der Waals surface area contributed by atoms with Gasteiger partial charge < -0.3 is 10.2 Å². The van der Waals surface area contributed by atoms with Crippen molar-refractivity contribution in [2.45, 2.75) is 19.4 Å². The minimum Gasteiger partial charge on any atom is -0.349 e. The van der Waals surface area contributed by atoms with E-state index in [1.54, 1.807) is 17.3 Å². The molecule has 1 atom stereocenters. The highest BCUT2D eigenvalue weighted by molar-refractivity contribution is 7.09. The predicted molar refractivity (Wildman–Crippen MR) is 112 cm³/mol. The van der Waals surface area contributed by atoms with E-state index < -0.39 is 0 Å². The molecule has 0 radical (unpaired) electrons. The fourth-order valence-corrected chi connectivity index (χ4v) is 4.25. The van der Waals surface area contributed by atoms with Crippen LogP contribution < -0.4 is 5.32 Å². The molecule has 0 aliphatic carbocycles. The molecule has 1 unspecified atom stereocenters. The van der Waals surface area contributed by atoms with Crippen LogP contribution in [-0.4, -0.2) is 39.8 Å². The molecule has 154 valence electrons. The third-order valence-electron chi connectivity index (χ3n) is 5.11. The third kappa shape index (κ3) is 4.71. The first kappa shape index (κ1) is 20.2. The first-order chi connectivity index (χ1) is 14.6. The Bertz CT molecular complexity index is 1020. The Hall–Kier alpha value is -3.13. The van der Waals surface area contributed by atoms with Crippen LogP contribution in [0.25, 0.3) is 11.3 Å². The first-order valence-corrected chi connectivity index (χ1v) is 10.7. The number of halogens is 1. The fraction of sp³-hybridized carbons (Fsp3) is 0.273. The van der Waals surface area contributed by atoms with Gasteiger partial charge in [-0.05, 0) is 49.2 Å². The number of carbonyl (C=O) groups is 2. The summed E-state index contributed by atoms with van der Waals surface area (Å²) in [5, 5.41) is 5.73. The molecule has 4 rings (SSSR count). The Morgan fingerprint density at radius 1 is 1.17 bits per heavy atom. The molecule has 0 bridgehead atoms. The van der Waals surface area contributed by atoms with Crippen molar-refractivity contribution in [3.63, 3.8) is 0 Å². The second kappa shape index (κ2) is 9.13. The summed E-state index contributed by atoms with van der Waals surface area (Å²) in [7, 11) is 0. The summed E-state index contributed by atoms with van der Waals surface area (Å²) in [5.74, 6) is -0.888. The lowest BCUT2D eigenvalue weighted by Crippen LogP contribution is -2.45. The molecule has 8 heteroatoms. The number of hydrogen-bond acceptors (Lipinski definition) is 5. The molecule has 1 aliphatic heterocycles. The quantitative estimate of drug-likeness (QED) is 0.680. The summed E-state index contributed by atoms with van der Waals surface area (Å²) in [6, 6.07) is 9.29. The van der Waals surface area contributed by atoms with Gasteiger partial charge in [-0.15, -0.1) is 11.3 Å². The fourth-order valence-electron chi connectivity index (χ4n) is 3.51. The van der Waals surface area contributed by atoms with Crippen molar-refractivity contribution < 1.29 is 14.0 Å². The molecule has 1 aromatic carbocycles. The number of rotatable bonds is 5. The first-order valence-electron chi connectivity index (χ1n) is 9.77. The van der Waals surface area contributed by atoms with Crippen LogP contribution in [0.1, 0.15) is 28.2 Å². The van der Waals surface area contributed by atoms with E-state index in [1.165, 1.54) is 35.6 Å². The van der Waals surface area contributed by atoms with E-state index in [2.05, 4.69) is 15.3 Å². The van der Waals surface area contributed by atoms with Crippen LogP contribution in [0.3, 0.4) is 0 Å². The molecule has 2 amide bonds. The maximum absolute atomic E-state index is 13.1. The summed E-state index contributed by atoms with van der Waals surface area (Å²) in [4.78, 5) is 35.6. The molecule has 0 saturated carbocycles. The van der Waals surface area contributed by atoms with E-state index in [9.17, 15) is 14.0 Å². The van der Waals surface area contributed by atoms with E-state index in [0.717, 1.165) is 29.1 Å². The topological polar surface area (TPSA) is 75.2 Å². The highest BCUT2D eigenvalue weighted by Crippen LogP contribution is 2.22. The molecule has 1 saturated heterocycles. The van der Waals surface area contributed by atoms with Gasteiger partial charge in [0.15, 0.2) is 0 Å². The van der Waals surface area contributed by atoms with E-state index in [0.29, 0.717) is 25.2 Å². The van der Waals surface area contributed by atoms with Crippen molar-refractivity contribution in [2.24, 2.45) is 5.92 Å². The number of aromatic nitrogens is 2. The Morgan fingerprint density at radius 2 is 1.93 bits per heavy atom. The molecule has 0 spiro atoms. The number of nitrogens with zero attached hydrogens (tertiary/aromatic N) is 3. The summed E-state index contributed by atoms with van der Waals surface area (Å²) < 4.78 is 13.1. The number of likely N-dealkylation sites (tertiary alicyclic amines) is 1. The number of amides is 2. The van der Waals surface area contributed by atoms with E-state index in [4.69, 9.17) is 0 Å². The number of hydrogen-bond donors (Lipinski definition) is 1. The van der Waals surface area contributed by atoms with Gasteiger partial charge in [0.2, 0.25) is 5.91 Å². The lowest BCUT2D eigenvalue weighted by Gasteiger charge is -2.32. The molecule has 6 nitrogen and oxygen atoms in total. The van der Waals surface area contributed by atoms with E-state index in [1.807, 2.05) is 17.5 Å². The summed E-state index contributed by atoms with van der Waals surface area (Å²) in [6.07, 6.45) is 4.93. The average Bonchev–Trinajstić information content (AvgIpc) is 3.27. The Balaban J connectivity index is 1.33. The molecule has 1 N–H and O–H groups in total. The Morgan fingerprint density at radius 3 is 2.70 bits per heavy atom. The normalized spacial score (nSPS) is 16.3. The van der Waals surface area contributed by atoms with Gasteiger partial charge in [-0.3, -0.25) is 14.6 Å². The summed E-state index contributed by atoms with van der Waals surface area (Å²) >= 11 is 1.50. The smallest absolute Gasteiger partial charge is 0.253 e. The van der Waals surface area contributed by atoms with Gasteiger partial charge in [-0.25, -0.2) is 9.37 Å². The second-order valence-corrected chi connectivity index (χ2v) is 8.12. The predicted octanol–water partition coefficient (Wildman–Crippen LogP) is 3.51. The maximum atomic E-state index is 13.1. The van der Waals surface area contributed by atoms with Crippen molar-refractivity contribution in [3.05, 3.63) is 70.6 Å². The van der Waals surface area contributed by atoms with Crippen LogP contribution in [0.5, 0.6) is 0 Å². The molecule has 1 aliphatic rings. The minimum absolute atomic E-state index is 0.0766. The van der Waals surface area contributed by atoms with E-state index in [-0.39, 0.29) is 23.5 Å². The van der Waals surface area contributed by atoms with Gasteiger partial charge in [0, 0.05) is 42.0 Å². The van der Waals surface area contributed by atoms with Crippen LogP contribution in [0.15, 0.2) is 54.2 Å². The average molecular weight is 425 g/mol. The second-order valence-electron chi connectivity index (χ2n) is 7.18. The monoisotopic (exact) mass is 424 g/mol. The number of benzene rings is 1. The Labute approximate surface area is 177 Å². The van der Waals surface area contributed by atoms with Crippen LogP contribution in [0.2, 0.25) is 0 Å². The summed E-state index contributed by atoms with van der Waals surface area (Å²) in [6.45, 7) is 1.32. The third-order valence-corrected chi connectivity index (χ3v) is 5.96. The van der Waals surface area contributed by atoms with Gasteiger partial charge in [0.1, 0.15) is 10.8 Å². The molecular weight excluding hydrogens is 403 g/mol.